The number of aliphatic imine (C=N–C) groups is 1. The van der Waals surface area contributed by atoms with Crippen LogP contribution in [0.4, 0.5) is 4.39 Å². The maximum Gasteiger partial charge on any atom is 0.191 e. The fourth-order valence-corrected chi connectivity index (χ4v) is 3.24. The Hall–Kier alpha value is -0.740. The van der Waals surface area contributed by atoms with Gasteiger partial charge in [0.2, 0.25) is 0 Å². The molecule has 0 saturated heterocycles. The number of rotatable bonds is 6. The Morgan fingerprint density at radius 1 is 1.38 bits per heavy atom. The van der Waals surface area contributed by atoms with E-state index >= 15 is 0 Å². The molecule has 0 unspecified atom stereocenters. The fourth-order valence-electron chi connectivity index (χ4n) is 1.99. The lowest BCUT2D eigenvalue weighted by Gasteiger charge is -2.12. The lowest BCUT2D eigenvalue weighted by atomic mass is 10.2. The van der Waals surface area contributed by atoms with Crippen LogP contribution >= 0.6 is 51.2 Å². The van der Waals surface area contributed by atoms with Crippen molar-refractivity contribution >= 4 is 57.2 Å². The summed E-state index contributed by atoms with van der Waals surface area (Å²) >= 11 is 5.17. The van der Waals surface area contributed by atoms with Gasteiger partial charge in [0.15, 0.2) is 5.96 Å². The van der Waals surface area contributed by atoms with Gasteiger partial charge in [-0.3, -0.25) is 4.99 Å². The van der Waals surface area contributed by atoms with Crippen molar-refractivity contribution in [1.29, 1.82) is 0 Å². The highest BCUT2D eigenvalue weighted by Crippen LogP contribution is 2.17. The third-order valence-corrected chi connectivity index (χ3v) is 5.23. The van der Waals surface area contributed by atoms with Crippen LogP contribution in [-0.2, 0) is 19.4 Å². The molecule has 2 rings (SSSR count). The molecule has 0 radical (unpaired) electrons. The van der Waals surface area contributed by atoms with Crippen molar-refractivity contribution < 1.29 is 4.39 Å². The minimum Gasteiger partial charge on any atom is -0.356 e. The van der Waals surface area contributed by atoms with Crippen molar-refractivity contribution in [2.24, 2.45) is 4.99 Å². The number of aryl methyl sites for hydroxylation is 1. The summed E-state index contributed by atoms with van der Waals surface area (Å²) in [7, 11) is 1.72. The molecule has 2 aromatic rings. The van der Waals surface area contributed by atoms with Crippen LogP contribution in [-0.4, -0.2) is 24.5 Å². The van der Waals surface area contributed by atoms with Crippen LogP contribution in [0.1, 0.15) is 22.4 Å². The minimum atomic E-state index is -0.247. The summed E-state index contributed by atoms with van der Waals surface area (Å²) in [4.78, 5) is 9.88. The summed E-state index contributed by atoms with van der Waals surface area (Å²) in [5.41, 5.74) is 0.848. The zero-order valence-corrected chi connectivity index (χ0v) is 18.3. The van der Waals surface area contributed by atoms with Gasteiger partial charge < -0.3 is 10.6 Å². The molecule has 0 aliphatic heterocycles. The van der Waals surface area contributed by atoms with Crippen LogP contribution < -0.4 is 10.6 Å². The van der Waals surface area contributed by atoms with Gasteiger partial charge in [-0.1, -0.05) is 22.9 Å². The van der Waals surface area contributed by atoms with Crippen LogP contribution in [0.2, 0.25) is 0 Å². The second kappa shape index (κ2) is 11.0. The number of benzene rings is 1. The van der Waals surface area contributed by atoms with Crippen molar-refractivity contribution in [2.75, 3.05) is 13.6 Å². The highest BCUT2D eigenvalue weighted by atomic mass is 127. The second-order valence-corrected chi connectivity index (χ2v) is 6.97. The predicted molar refractivity (Wildman–Crippen MR) is 113 cm³/mol. The number of guanidine groups is 1. The van der Waals surface area contributed by atoms with Crippen LogP contribution in [0.3, 0.4) is 0 Å². The topological polar surface area (TPSA) is 49.3 Å². The Morgan fingerprint density at radius 2 is 2.17 bits per heavy atom. The van der Waals surface area contributed by atoms with Crippen LogP contribution in [0.15, 0.2) is 33.9 Å². The zero-order chi connectivity index (χ0) is 16.7. The van der Waals surface area contributed by atoms with E-state index in [0.29, 0.717) is 12.5 Å². The van der Waals surface area contributed by atoms with E-state index in [-0.39, 0.29) is 29.8 Å². The smallest absolute Gasteiger partial charge is 0.191 e. The first kappa shape index (κ1) is 21.3. The minimum absolute atomic E-state index is 0. The van der Waals surface area contributed by atoms with Gasteiger partial charge >= 0.3 is 0 Å². The Morgan fingerprint density at radius 3 is 2.83 bits per heavy atom. The monoisotopic (exact) mass is 526 g/mol. The Bertz CT molecular complexity index is 678. The van der Waals surface area contributed by atoms with Gasteiger partial charge in [0.05, 0.1) is 5.01 Å². The zero-order valence-electron chi connectivity index (χ0n) is 13.6. The summed E-state index contributed by atoms with van der Waals surface area (Å²) in [5.74, 6) is 0.442. The van der Waals surface area contributed by atoms with Gasteiger partial charge in [0.1, 0.15) is 5.82 Å². The van der Waals surface area contributed by atoms with E-state index in [0.717, 1.165) is 34.4 Å². The van der Waals surface area contributed by atoms with Gasteiger partial charge in [-0.25, -0.2) is 9.37 Å². The maximum atomic E-state index is 13.3. The van der Waals surface area contributed by atoms with Crippen LogP contribution in [0.25, 0.3) is 0 Å². The predicted octanol–water partition coefficient (Wildman–Crippen LogP) is 4.13. The summed E-state index contributed by atoms with van der Waals surface area (Å²) in [5, 5.41) is 7.55. The van der Waals surface area contributed by atoms with Crippen molar-refractivity contribution in [3.05, 3.63) is 50.1 Å². The highest BCUT2D eigenvalue weighted by Gasteiger charge is 2.05. The van der Waals surface area contributed by atoms with Crippen LogP contribution in [0, 0.1) is 5.82 Å². The molecule has 0 amide bonds. The standard InChI is InChI=1S/C16H20BrFN4S.HI/c1-3-13-10-21-15(23-13)6-7-20-16(19-2)22-9-11-8-12(18)4-5-14(11)17;/h4-5,8,10H,3,6-7,9H2,1-2H3,(H2,19,20,22);1H. The molecule has 0 aliphatic carbocycles. The maximum absolute atomic E-state index is 13.3. The van der Waals surface area contributed by atoms with Crippen molar-refractivity contribution in [1.82, 2.24) is 15.6 Å². The molecule has 0 fully saturated rings. The lowest BCUT2D eigenvalue weighted by molar-refractivity contribution is 0.624. The van der Waals surface area contributed by atoms with E-state index in [4.69, 9.17) is 0 Å². The molecule has 0 atom stereocenters. The number of nitrogens with one attached hydrogen (secondary N) is 2. The van der Waals surface area contributed by atoms with E-state index in [1.807, 2.05) is 6.20 Å². The molecule has 0 aliphatic rings. The normalized spacial score (nSPS) is 11.1. The SMILES string of the molecule is CCc1cnc(CCNC(=NC)NCc2cc(F)ccc2Br)s1.I. The fraction of sp³-hybridized carbons (Fsp3) is 0.375. The van der Waals surface area contributed by atoms with E-state index in [1.165, 1.54) is 17.0 Å². The molecule has 4 nitrogen and oxygen atoms in total. The van der Waals surface area contributed by atoms with Crippen LogP contribution in [0.5, 0.6) is 0 Å². The first-order valence-electron chi connectivity index (χ1n) is 7.44. The first-order valence-corrected chi connectivity index (χ1v) is 9.05. The number of thiazole rings is 1. The molecule has 0 bridgehead atoms. The quantitative estimate of drug-likeness (QED) is 0.338. The third-order valence-electron chi connectivity index (χ3n) is 3.26. The Balaban J connectivity index is 0.00000288. The molecule has 0 saturated carbocycles. The molecular weight excluding hydrogens is 506 g/mol. The molecule has 1 aromatic heterocycles. The van der Waals surface area contributed by atoms with E-state index in [2.05, 4.69) is 43.5 Å². The summed E-state index contributed by atoms with van der Waals surface area (Å²) in [6, 6.07) is 4.64. The first-order chi connectivity index (χ1) is 11.1. The van der Waals surface area contributed by atoms with Gasteiger partial charge in [-0.05, 0) is 30.2 Å². The third kappa shape index (κ3) is 6.64. The summed E-state index contributed by atoms with van der Waals surface area (Å²) < 4.78 is 14.1. The molecular formula is C16H21BrFIN4S. The lowest BCUT2D eigenvalue weighted by Crippen LogP contribution is -2.37. The molecule has 24 heavy (non-hydrogen) atoms. The average Bonchev–Trinajstić information content (AvgIpc) is 3.01. The number of hydrogen-bond acceptors (Lipinski definition) is 3. The number of aromatic nitrogens is 1. The van der Waals surface area contributed by atoms with Crippen molar-refractivity contribution in [2.45, 2.75) is 26.3 Å². The van der Waals surface area contributed by atoms with E-state index in [1.54, 1.807) is 24.5 Å². The molecule has 0 spiro atoms. The second-order valence-electron chi connectivity index (χ2n) is 4.91. The Kier molecular flexibility index (Phi) is 9.75. The molecule has 2 N–H and O–H groups in total. The number of hydrogen-bond donors (Lipinski definition) is 2. The highest BCUT2D eigenvalue weighted by molar-refractivity contribution is 14.0. The van der Waals surface area contributed by atoms with Crippen molar-refractivity contribution in [3.63, 3.8) is 0 Å². The molecule has 8 heteroatoms. The summed E-state index contributed by atoms with van der Waals surface area (Å²) in [6.07, 6.45) is 3.82. The van der Waals surface area contributed by atoms with Gasteiger partial charge in [0, 0.05) is 42.1 Å². The van der Waals surface area contributed by atoms with Gasteiger partial charge in [-0.2, -0.15) is 0 Å². The number of halogens is 3. The number of nitrogens with zero attached hydrogens (tertiary/aromatic N) is 2. The summed E-state index contributed by atoms with van der Waals surface area (Å²) in [6.45, 7) is 3.38. The average molecular weight is 527 g/mol. The van der Waals surface area contributed by atoms with E-state index in [9.17, 15) is 4.39 Å². The van der Waals surface area contributed by atoms with E-state index < -0.39 is 0 Å². The Labute approximate surface area is 171 Å². The molecule has 1 heterocycles. The van der Waals surface area contributed by atoms with Crippen molar-refractivity contribution in [3.8, 4) is 0 Å². The van der Waals surface area contributed by atoms with Gasteiger partial charge in [-0.15, -0.1) is 35.3 Å². The largest absolute Gasteiger partial charge is 0.356 e. The molecule has 1 aromatic carbocycles. The van der Waals surface area contributed by atoms with Gasteiger partial charge in [0.25, 0.3) is 0 Å². The molecule has 132 valence electrons.